The number of allylic oxidation sites excluding steroid dienone is 2. The number of rotatable bonds is 2. The maximum Gasteiger partial charge on any atom is 0.253 e. The van der Waals surface area contributed by atoms with Crippen LogP contribution < -0.4 is 5.32 Å². The van der Waals surface area contributed by atoms with Crippen molar-refractivity contribution in [3.63, 3.8) is 0 Å². The molecule has 3 heterocycles. The van der Waals surface area contributed by atoms with Crippen LogP contribution in [-0.4, -0.2) is 23.9 Å². The van der Waals surface area contributed by atoms with E-state index in [9.17, 15) is 4.79 Å². The highest BCUT2D eigenvalue weighted by atomic mass is 32.1. The van der Waals surface area contributed by atoms with Crippen molar-refractivity contribution in [2.45, 2.75) is 44.1 Å². The Hall–Kier alpha value is -2.07. The Morgan fingerprint density at radius 1 is 1.11 bits per heavy atom. The zero-order valence-corrected chi connectivity index (χ0v) is 16.4. The van der Waals surface area contributed by atoms with Gasteiger partial charge in [0, 0.05) is 35.1 Å². The number of carbonyl (C=O) groups excluding carboxylic acids is 1. The minimum absolute atomic E-state index is 0.207. The lowest BCUT2D eigenvalue weighted by Gasteiger charge is -2.37. The van der Waals surface area contributed by atoms with Crippen LogP contribution >= 0.6 is 11.3 Å². The van der Waals surface area contributed by atoms with Crippen molar-refractivity contribution in [3.05, 3.63) is 63.9 Å². The van der Waals surface area contributed by atoms with Crippen LogP contribution in [0.5, 0.6) is 0 Å². The summed E-state index contributed by atoms with van der Waals surface area (Å²) >= 11 is 1.83. The van der Waals surface area contributed by atoms with Crippen LogP contribution in [0, 0.1) is 5.92 Å². The number of benzene rings is 1. The molecule has 0 saturated carbocycles. The molecule has 140 valence electrons. The largest absolute Gasteiger partial charge is 0.377 e. The summed E-state index contributed by atoms with van der Waals surface area (Å²) in [6, 6.07) is 11.0. The van der Waals surface area contributed by atoms with E-state index in [-0.39, 0.29) is 5.91 Å². The molecule has 5 rings (SSSR count). The van der Waals surface area contributed by atoms with Crippen LogP contribution in [-0.2, 0) is 0 Å². The van der Waals surface area contributed by atoms with Crippen LogP contribution in [0.4, 0.5) is 5.69 Å². The fraction of sp³-hybridized carbons (Fsp3) is 0.435. The third kappa shape index (κ3) is 3.10. The van der Waals surface area contributed by atoms with Crippen molar-refractivity contribution in [1.29, 1.82) is 0 Å². The van der Waals surface area contributed by atoms with Crippen molar-refractivity contribution in [1.82, 2.24) is 4.90 Å². The van der Waals surface area contributed by atoms with Gasteiger partial charge >= 0.3 is 0 Å². The molecule has 1 N–H and O–H groups in total. The van der Waals surface area contributed by atoms with Crippen molar-refractivity contribution in [2.75, 3.05) is 18.4 Å². The molecule has 3 unspecified atom stereocenters. The molecule has 27 heavy (non-hydrogen) atoms. The maximum absolute atomic E-state index is 13.1. The highest BCUT2D eigenvalue weighted by Gasteiger charge is 2.38. The van der Waals surface area contributed by atoms with Gasteiger partial charge in [-0.05, 0) is 60.4 Å². The summed E-state index contributed by atoms with van der Waals surface area (Å²) in [5.41, 5.74) is 3.34. The highest BCUT2D eigenvalue weighted by Crippen LogP contribution is 2.50. The Morgan fingerprint density at radius 3 is 2.74 bits per heavy atom. The molecule has 1 aliphatic carbocycles. The van der Waals surface area contributed by atoms with Crippen LogP contribution in [0.15, 0.2) is 47.9 Å². The van der Waals surface area contributed by atoms with Gasteiger partial charge < -0.3 is 10.2 Å². The first-order valence-corrected chi connectivity index (χ1v) is 11.1. The molecule has 0 radical (unpaired) electrons. The first-order chi connectivity index (χ1) is 13.3. The monoisotopic (exact) mass is 378 g/mol. The molecule has 1 amide bonds. The quantitative estimate of drug-likeness (QED) is 0.691. The Bertz CT molecular complexity index is 849. The van der Waals surface area contributed by atoms with Gasteiger partial charge in [0.25, 0.3) is 5.91 Å². The highest BCUT2D eigenvalue weighted by molar-refractivity contribution is 7.10. The lowest BCUT2D eigenvalue weighted by Crippen LogP contribution is -2.32. The van der Waals surface area contributed by atoms with Crippen molar-refractivity contribution in [3.8, 4) is 0 Å². The third-order valence-corrected chi connectivity index (χ3v) is 7.31. The van der Waals surface area contributed by atoms with E-state index < -0.39 is 0 Å². The number of amides is 1. The van der Waals surface area contributed by atoms with E-state index in [0.717, 1.165) is 37.9 Å². The smallest absolute Gasteiger partial charge is 0.253 e. The van der Waals surface area contributed by atoms with E-state index in [4.69, 9.17) is 0 Å². The number of hydrogen-bond donors (Lipinski definition) is 1. The summed E-state index contributed by atoms with van der Waals surface area (Å²) < 4.78 is 0. The van der Waals surface area contributed by atoms with E-state index in [1.54, 1.807) is 0 Å². The second kappa shape index (κ2) is 7.16. The summed E-state index contributed by atoms with van der Waals surface area (Å²) in [7, 11) is 0. The van der Waals surface area contributed by atoms with Gasteiger partial charge in [-0.3, -0.25) is 4.79 Å². The molecule has 0 bridgehead atoms. The molecule has 1 fully saturated rings. The number of nitrogens with one attached hydrogen (secondary N) is 1. The minimum Gasteiger partial charge on any atom is -0.377 e. The molecule has 1 aromatic carbocycles. The summed E-state index contributed by atoms with van der Waals surface area (Å²) in [5.74, 6) is 1.16. The molecule has 2 aromatic rings. The van der Waals surface area contributed by atoms with Gasteiger partial charge in [-0.2, -0.15) is 0 Å². The van der Waals surface area contributed by atoms with Gasteiger partial charge in [0.05, 0.1) is 6.04 Å². The predicted octanol–water partition coefficient (Wildman–Crippen LogP) is 5.59. The van der Waals surface area contributed by atoms with Gasteiger partial charge in [0.1, 0.15) is 0 Å². The number of anilines is 1. The van der Waals surface area contributed by atoms with E-state index in [0.29, 0.717) is 17.9 Å². The lowest BCUT2D eigenvalue weighted by atomic mass is 9.78. The van der Waals surface area contributed by atoms with E-state index in [1.165, 1.54) is 29.0 Å². The van der Waals surface area contributed by atoms with Crippen LogP contribution in [0.25, 0.3) is 0 Å². The SMILES string of the molecule is O=C(c1ccc2c(c1)C1C=CCC1C(c1cccs1)N2)N1CCCCCC1. The number of fused-ring (bicyclic) bond motifs is 3. The normalized spacial score (nSPS) is 26.8. The van der Waals surface area contributed by atoms with Gasteiger partial charge in [-0.1, -0.05) is 31.1 Å². The topological polar surface area (TPSA) is 32.3 Å². The van der Waals surface area contributed by atoms with Crippen molar-refractivity contribution < 1.29 is 4.79 Å². The first kappa shape index (κ1) is 17.1. The molecule has 3 atom stereocenters. The number of thiophene rings is 1. The van der Waals surface area contributed by atoms with Crippen LogP contribution in [0.2, 0.25) is 0 Å². The number of carbonyl (C=O) groups is 1. The van der Waals surface area contributed by atoms with Gasteiger partial charge in [0.2, 0.25) is 0 Å². The van der Waals surface area contributed by atoms with Crippen molar-refractivity contribution >= 4 is 22.9 Å². The summed E-state index contributed by atoms with van der Waals surface area (Å²) in [5, 5.41) is 5.93. The molecular weight excluding hydrogens is 352 g/mol. The Balaban J connectivity index is 1.46. The maximum atomic E-state index is 13.1. The lowest BCUT2D eigenvalue weighted by molar-refractivity contribution is 0.0761. The molecule has 4 heteroatoms. The summed E-state index contributed by atoms with van der Waals surface area (Å²) in [6.45, 7) is 1.81. The molecule has 0 spiro atoms. The summed E-state index contributed by atoms with van der Waals surface area (Å²) in [6.07, 6.45) is 10.5. The Kier molecular flexibility index (Phi) is 4.52. The molecule has 3 aliphatic rings. The molecule has 2 aliphatic heterocycles. The first-order valence-electron chi connectivity index (χ1n) is 10.2. The fourth-order valence-corrected chi connectivity index (χ4v) is 5.79. The Labute approximate surface area is 165 Å². The predicted molar refractivity (Wildman–Crippen MR) is 111 cm³/mol. The molecular formula is C23H26N2OS. The number of hydrogen-bond acceptors (Lipinski definition) is 3. The zero-order chi connectivity index (χ0) is 18.2. The summed E-state index contributed by atoms with van der Waals surface area (Å²) in [4.78, 5) is 16.5. The van der Waals surface area contributed by atoms with Gasteiger partial charge in [-0.25, -0.2) is 0 Å². The third-order valence-electron chi connectivity index (χ3n) is 6.35. The van der Waals surface area contributed by atoms with E-state index in [1.807, 2.05) is 17.4 Å². The molecule has 1 aromatic heterocycles. The average Bonchev–Trinajstić information content (AvgIpc) is 3.34. The van der Waals surface area contributed by atoms with Crippen LogP contribution in [0.3, 0.4) is 0 Å². The molecule has 3 nitrogen and oxygen atoms in total. The minimum atomic E-state index is 0.207. The fourth-order valence-electron chi connectivity index (χ4n) is 4.93. The van der Waals surface area contributed by atoms with E-state index in [2.05, 4.69) is 52.0 Å². The van der Waals surface area contributed by atoms with Gasteiger partial charge in [0.15, 0.2) is 0 Å². The number of likely N-dealkylation sites (tertiary alicyclic amines) is 1. The van der Waals surface area contributed by atoms with Crippen molar-refractivity contribution in [2.24, 2.45) is 5.92 Å². The van der Waals surface area contributed by atoms with E-state index >= 15 is 0 Å². The zero-order valence-electron chi connectivity index (χ0n) is 15.6. The average molecular weight is 379 g/mol. The number of nitrogens with zero attached hydrogens (tertiary/aromatic N) is 1. The standard InChI is InChI=1S/C23H26N2OS/c26-23(25-12-3-1-2-4-13-25)16-10-11-20-19(15-16)17-7-5-8-18(17)22(24-20)21-9-6-14-27-21/h5-7,9-11,14-15,17-18,22,24H,1-4,8,12-13H2. The second-order valence-electron chi connectivity index (χ2n) is 8.00. The second-order valence-corrected chi connectivity index (χ2v) is 8.98. The van der Waals surface area contributed by atoms with Gasteiger partial charge in [-0.15, -0.1) is 11.3 Å². The van der Waals surface area contributed by atoms with Crippen LogP contribution in [0.1, 0.15) is 64.9 Å². The molecule has 1 saturated heterocycles. The Morgan fingerprint density at radius 2 is 1.96 bits per heavy atom.